The van der Waals surface area contributed by atoms with Crippen molar-refractivity contribution in [3.63, 3.8) is 0 Å². The summed E-state index contributed by atoms with van der Waals surface area (Å²) < 4.78 is 19.3. The minimum Gasteiger partial charge on any atom is -0.484 e. The van der Waals surface area contributed by atoms with E-state index in [1.807, 2.05) is 6.07 Å². The van der Waals surface area contributed by atoms with E-state index in [1.54, 1.807) is 47.4 Å². The maximum atomic E-state index is 13.8. The largest absolute Gasteiger partial charge is 0.484 e. The van der Waals surface area contributed by atoms with Crippen LogP contribution in [0.4, 0.5) is 4.39 Å². The second-order valence-corrected chi connectivity index (χ2v) is 5.77. The number of amides is 1. The fraction of sp³-hybridized carbons (Fsp3) is 0.263. The van der Waals surface area contributed by atoms with E-state index in [1.165, 1.54) is 6.07 Å². The molecule has 0 N–H and O–H groups in total. The molecule has 0 aromatic heterocycles. The second-order valence-electron chi connectivity index (χ2n) is 5.77. The molecular formula is C19H17FN2O2. The van der Waals surface area contributed by atoms with Gasteiger partial charge in [-0.1, -0.05) is 18.2 Å². The number of benzene rings is 2. The summed E-state index contributed by atoms with van der Waals surface area (Å²) in [6.07, 6.45) is 1.88. The maximum absolute atomic E-state index is 13.8. The van der Waals surface area contributed by atoms with E-state index in [0.29, 0.717) is 16.9 Å². The number of carbonyl (C=O) groups excluding carboxylic acids is 1. The Labute approximate surface area is 140 Å². The molecule has 1 amide bonds. The average Bonchev–Trinajstić information content (AvgIpc) is 3.44. The molecule has 1 saturated carbocycles. The zero-order chi connectivity index (χ0) is 16.9. The highest BCUT2D eigenvalue weighted by Crippen LogP contribution is 2.29. The van der Waals surface area contributed by atoms with E-state index >= 15 is 0 Å². The van der Waals surface area contributed by atoms with Crippen molar-refractivity contribution in [1.29, 1.82) is 5.26 Å². The van der Waals surface area contributed by atoms with Gasteiger partial charge >= 0.3 is 0 Å². The standard InChI is InChI=1S/C19H17FN2O2/c20-18-4-2-1-3-15(18)12-22(16-7-8-16)19(23)13-24-17-9-5-14(11-21)6-10-17/h1-6,9-10,16H,7-8,12-13H2. The van der Waals surface area contributed by atoms with E-state index < -0.39 is 0 Å². The molecule has 122 valence electrons. The van der Waals surface area contributed by atoms with Crippen molar-refractivity contribution in [1.82, 2.24) is 4.90 Å². The zero-order valence-corrected chi connectivity index (χ0v) is 13.1. The highest BCUT2D eigenvalue weighted by atomic mass is 19.1. The predicted octanol–water partition coefficient (Wildman–Crippen LogP) is 3.27. The van der Waals surface area contributed by atoms with Gasteiger partial charge in [-0.05, 0) is 43.2 Å². The summed E-state index contributed by atoms with van der Waals surface area (Å²) in [4.78, 5) is 14.1. The molecule has 2 aromatic carbocycles. The van der Waals surface area contributed by atoms with E-state index in [9.17, 15) is 9.18 Å². The van der Waals surface area contributed by atoms with Gasteiger partial charge in [0.15, 0.2) is 6.61 Å². The normalized spacial score (nSPS) is 13.2. The van der Waals surface area contributed by atoms with Crippen molar-refractivity contribution in [2.45, 2.75) is 25.4 Å². The molecule has 1 aliphatic rings. The fourth-order valence-corrected chi connectivity index (χ4v) is 2.47. The number of nitriles is 1. The monoisotopic (exact) mass is 324 g/mol. The molecule has 0 radical (unpaired) electrons. The second kappa shape index (κ2) is 7.14. The van der Waals surface area contributed by atoms with Crippen LogP contribution in [0.25, 0.3) is 0 Å². The van der Waals surface area contributed by atoms with E-state index in [2.05, 4.69) is 0 Å². The topological polar surface area (TPSA) is 53.3 Å². The third-order valence-electron chi connectivity index (χ3n) is 3.95. The lowest BCUT2D eigenvalue weighted by atomic mass is 10.2. The molecule has 0 unspecified atom stereocenters. The average molecular weight is 324 g/mol. The zero-order valence-electron chi connectivity index (χ0n) is 13.1. The Hall–Kier alpha value is -2.87. The molecule has 1 aliphatic carbocycles. The van der Waals surface area contributed by atoms with Gasteiger partial charge in [-0.15, -0.1) is 0 Å². The number of hydrogen-bond acceptors (Lipinski definition) is 3. The van der Waals surface area contributed by atoms with Crippen LogP contribution in [0.3, 0.4) is 0 Å². The highest BCUT2D eigenvalue weighted by molar-refractivity contribution is 5.78. The molecule has 4 nitrogen and oxygen atoms in total. The molecule has 0 heterocycles. The number of ether oxygens (including phenoxy) is 1. The van der Waals surface area contributed by atoms with Crippen LogP contribution in [-0.2, 0) is 11.3 Å². The first-order chi connectivity index (χ1) is 11.7. The van der Waals surface area contributed by atoms with Crippen LogP contribution in [-0.4, -0.2) is 23.5 Å². The Morgan fingerprint density at radius 3 is 2.54 bits per heavy atom. The number of rotatable bonds is 6. The Balaban J connectivity index is 1.62. The summed E-state index contributed by atoms with van der Waals surface area (Å²) in [5.74, 6) is 0.0677. The number of nitrogens with zero attached hydrogens (tertiary/aromatic N) is 2. The summed E-state index contributed by atoms with van der Waals surface area (Å²) in [7, 11) is 0. The van der Waals surface area contributed by atoms with Gasteiger partial charge in [-0.2, -0.15) is 5.26 Å². The van der Waals surface area contributed by atoms with E-state index in [4.69, 9.17) is 10.00 Å². The first-order valence-corrected chi connectivity index (χ1v) is 7.83. The Morgan fingerprint density at radius 1 is 1.21 bits per heavy atom. The highest BCUT2D eigenvalue weighted by Gasteiger charge is 2.33. The minimum absolute atomic E-state index is 0.100. The molecule has 5 heteroatoms. The summed E-state index contributed by atoms with van der Waals surface area (Å²) >= 11 is 0. The summed E-state index contributed by atoms with van der Waals surface area (Å²) in [5.41, 5.74) is 1.05. The first-order valence-electron chi connectivity index (χ1n) is 7.83. The first kappa shape index (κ1) is 16.0. The van der Waals surface area contributed by atoms with Crippen molar-refractivity contribution in [3.8, 4) is 11.8 Å². The van der Waals surface area contributed by atoms with Crippen LogP contribution in [0.15, 0.2) is 48.5 Å². The van der Waals surface area contributed by atoms with Gasteiger partial charge in [0, 0.05) is 18.2 Å². The van der Waals surface area contributed by atoms with Gasteiger partial charge in [-0.3, -0.25) is 4.79 Å². The van der Waals surface area contributed by atoms with Crippen LogP contribution in [0.5, 0.6) is 5.75 Å². The number of halogens is 1. The van der Waals surface area contributed by atoms with Crippen molar-refractivity contribution < 1.29 is 13.9 Å². The van der Waals surface area contributed by atoms with Gasteiger partial charge in [0.05, 0.1) is 11.6 Å². The Kier molecular flexibility index (Phi) is 4.76. The SMILES string of the molecule is N#Cc1ccc(OCC(=O)N(Cc2ccccc2F)C2CC2)cc1. The van der Waals surface area contributed by atoms with Gasteiger partial charge in [0.2, 0.25) is 0 Å². The molecule has 1 fully saturated rings. The quantitative estimate of drug-likeness (QED) is 0.819. The molecule has 3 rings (SSSR count). The van der Waals surface area contributed by atoms with Crippen LogP contribution < -0.4 is 4.74 Å². The van der Waals surface area contributed by atoms with Crippen molar-refractivity contribution in [2.75, 3.05) is 6.61 Å². The van der Waals surface area contributed by atoms with Crippen molar-refractivity contribution in [2.24, 2.45) is 0 Å². The van der Waals surface area contributed by atoms with Crippen LogP contribution in [0.1, 0.15) is 24.0 Å². The summed E-state index contributed by atoms with van der Waals surface area (Å²) in [6, 6.07) is 15.3. The van der Waals surface area contributed by atoms with Gasteiger partial charge < -0.3 is 9.64 Å². The molecule has 0 bridgehead atoms. The minimum atomic E-state index is -0.302. The maximum Gasteiger partial charge on any atom is 0.261 e. The molecule has 0 atom stereocenters. The number of carbonyl (C=O) groups is 1. The van der Waals surface area contributed by atoms with Gasteiger partial charge in [-0.25, -0.2) is 4.39 Å². The van der Waals surface area contributed by atoms with Crippen LogP contribution in [0.2, 0.25) is 0 Å². The van der Waals surface area contributed by atoms with Gasteiger partial charge in [0.25, 0.3) is 5.91 Å². The molecular weight excluding hydrogens is 307 g/mol. The van der Waals surface area contributed by atoms with Gasteiger partial charge in [0.1, 0.15) is 11.6 Å². The smallest absolute Gasteiger partial charge is 0.261 e. The van der Waals surface area contributed by atoms with Crippen LogP contribution in [0, 0.1) is 17.1 Å². The fourth-order valence-electron chi connectivity index (χ4n) is 2.47. The molecule has 24 heavy (non-hydrogen) atoms. The molecule has 0 spiro atoms. The summed E-state index contributed by atoms with van der Waals surface area (Å²) in [6.45, 7) is 0.157. The molecule has 0 saturated heterocycles. The van der Waals surface area contributed by atoms with E-state index in [0.717, 1.165) is 12.8 Å². The third-order valence-corrected chi connectivity index (χ3v) is 3.95. The van der Waals surface area contributed by atoms with E-state index in [-0.39, 0.29) is 30.9 Å². The lowest BCUT2D eigenvalue weighted by molar-refractivity contribution is -0.134. The van der Waals surface area contributed by atoms with Crippen molar-refractivity contribution in [3.05, 3.63) is 65.5 Å². The molecule has 2 aromatic rings. The lowest BCUT2D eigenvalue weighted by Gasteiger charge is -2.23. The predicted molar refractivity (Wildman–Crippen MR) is 86.6 cm³/mol. The Morgan fingerprint density at radius 2 is 1.92 bits per heavy atom. The molecule has 0 aliphatic heterocycles. The van der Waals surface area contributed by atoms with Crippen molar-refractivity contribution >= 4 is 5.91 Å². The lowest BCUT2D eigenvalue weighted by Crippen LogP contribution is -2.36. The van der Waals surface area contributed by atoms with Crippen LogP contribution >= 0.6 is 0 Å². The number of hydrogen-bond donors (Lipinski definition) is 0. The Bertz CT molecular complexity index is 764. The summed E-state index contributed by atoms with van der Waals surface area (Å²) in [5, 5.41) is 8.77. The third kappa shape index (κ3) is 3.90.